The van der Waals surface area contributed by atoms with Crippen LogP contribution in [-0.2, 0) is 46.1 Å². The van der Waals surface area contributed by atoms with Gasteiger partial charge in [-0.2, -0.15) is 26.3 Å². The highest BCUT2D eigenvalue weighted by molar-refractivity contribution is 9.10. The zero-order valence-electron chi connectivity index (χ0n) is 39.9. The van der Waals surface area contributed by atoms with Gasteiger partial charge in [0.15, 0.2) is 31.3 Å². The fraction of sp³-hybridized carbons (Fsp3) is 0.417. The molecule has 8 aromatic rings. The van der Waals surface area contributed by atoms with E-state index in [1.54, 1.807) is 32.2 Å². The van der Waals surface area contributed by atoms with Gasteiger partial charge in [0.2, 0.25) is 0 Å². The standard InChI is InChI=1S/C24H22F3N3O3S2.C21H17BrF3N3O3S2.C3H7BO2/c1-3-35(32,33)21-15-9-6-13(12-4-5-12)10-17(15)34-20(21)22-28-16-11-18(24(25,26)27)30(14-7-8-14)23(31)19(16)29(22)2;1-3-33(30,31)18-12-7-4-10(22)8-14(12)32-17(18)19-26-13-9-15(21(23,24)25)28(11-5-6-11)20(29)16(13)27(19)2;5-4(6)3-1-2-3/h6,9-12,14H,3-5,7-8H2,1-2H3;4,7-9,11H,3,5-6H2,1-2H3;3,5-6H,1-2H2. The Hall–Kier alpha value is -4.86. The number of aryl methyl sites for hydroxylation is 2. The minimum absolute atomic E-state index is 0.0170. The van der Waals surface area contributed by atoms with E-state index in [2.05, 4.69) is 25.9 Å². The number of rotatable bonds is 10. The summed E-state index contributed by atoms with van der Waals surface area (Å²) in [4.78, 5) is 36.1. The lowest BCUT2D eigenvalue weighted by Gasteiger charge is -2.15. The molecule has 4 aliphatic carbocycles. The van der Waals surface area contributed by atoms with Gasteiger partial charge in [0.25, 0.3) is 11.1 Å². The fourth-order valence-corrected chi connectivity index (χ4v) is 15.6. The molecular formula is C48H46BBrF6N6O8S4. The number of nitrogens with zero attached hydrogens (tertiary/aromatic N) is 6. The summed E-state index contributed by atoms with van der Waals surface area (Å²) in [6, 6.07) is 11.8. The van der Waals surface area contributed by atoms with Crippen LogP contribution in [0.1, 0.15) is 100 Å². The Bertz CT molecular complexity index is 3960. The van der Waals surface area contributed by atoms with Gasteiger partial charge in [-0.1, -0.05) is 60.8 Å². The van der Waals surface area contributed by atoms with Crippen LogP contribution in [0.2, 0.25) is 5.82 Å². The minimum Gasteiger partial charge on any atom is -0.427 e. The van der Waals surface area contributed by atoms with E-state index in [4.69, 9.17) is 10.0 Å². The molecule has 4 saturated carbocycles. The summed E-state index contributed by atoms with van der Waals surface area (Å²) >= 11 is 5.81. The van der Waals surface area contributed by atoms with Gasteiger partial charge in [0, 0.05) is 50.8 Å². The SMILES string of the molecule is CCS(=O)(=O)c1c(-c2nc3cc(C(F)(F)F)n(C4CC4)c(=O)c3n2C)sc2cc(Br)ccc12.CCS(=O)(=O)c1c(-c2nc3cc(C(F)(F)F)n(C4CC4)c(=O)c3n2C)sc2cc(C3CC3)ccc12.OB(O)C1CC1. The number of thiophene rings is 2. The summed E-state index contributed by atoms with van der Waals surface area (Å²) in [7, 11) is -5.35. The summed E-state index contributed by atoms with van der Waals surface area (Å²) in [6.45, 7) is 3.08. The first kappa shape index (κ1) is 52.6. The lowest BCUT2D eigenvalue weighted by molar-refractivity contribution is -0.144. The molecule has 2 aromatic carbocycles. The van der Waals surface area contributed by atoms with Gasteiger partial charge in [0.1, 0.15) is 22.4 Å². The number of hydrogen-bond acceptors (Lipinski definition) is 12. The second-order valence-corrected chi connectivity index (χ2v) is 26.5. The van der Waals surface area contributed by atoms with E-state index >= 15 is 0 Å². The smallest absolute Gasteiger partial charge is 0.427 e. The molecule has 0 unspecified atom stereocenters. The number of imidazole rings is 2. The molecule has 74 heavy (non-hydrogen) atoms. The Morgan fingerprint density at radius 1 is 0.649 bits per heavy atom. The normalized spacial score (nSPS) is 16.5. The fourth-order valence-electron chi connectivity index (χ4n) is 9.23. The number of aromatic nitrogens is 6. The van der Waals surface area contributed by atoms with Crippen molar-refractivity contribution in [1.82, 2.24) is 28.2 Å². The van der Waals surface area contributed by atoms with Crippen LogP contribution in [-0.4, -0.2) is 73.7 Å². The average molecular weight is 1170 g/mol. The van der Waals surface area contributed by atoms with E-state index in [0.29, 0.717) is 56.8 Å². The molecule has 0 bridgehead atoms. The number of fused-ring (bicyclic) bond motifs is 4. The number of hydrogen-bond donors (Lipinski definition) is 2. The van der Waals surface area contributed by atoms with Crippen LogP contribution < -0.4 is 11.1 Å². The number of halogens is 7. The van der Waals surface area contributed by atoms with Gasteiger partial charge >= 0.3 is 19.5 Å². The van der Waals surface area contributed by atoms with Crippen molar-refractivity contribution in [3.05, 3.63) is 90.7 Å². The van der Waals surface area contributed by atoms with Crippen LogP contribution in [0.15, 0.2) is 72.4 Å². The quantitative estimate of drug-likeness (QED) is 0.0985. The third-order valence-electron chi connectivity index (χ3n) is 13.7. The van der Waals surface area contributed by atoms with E-state index in [1.165, 1.54) is 45.8 Å². The lowest BCUT2D eigenvalue weighted by atomic mass is 9.84. The van der Waals surface area contributed by atoms with Gasteiger partial charge in [-0.05, 0) is 86.2 Å². The molecule has 0 atom stereocenters. The second-order valence-electron chi connectivity index (χ2n) is 19.1. The lowest BCUT2D eigenvalue weighted by Crippen LogP contribution is -2.28. The molecule has 4 aliphatic rings. The van der Waals surface area contributed by atoms with Gasteiger partial charge in [-0.3, -0.25) is 18.7 Å². The van der Waals surface area contributed by atoms with E-state index < -0.39 is 73.7 Å². The van der Waals surface area contributed by atoms with Crippen molar-refractivity contribution in [3.8, 4) is 21.4 Å². The van der Waals surface area contributed by atoms with Crippen LogP contribution in [0.3, 0.4) is 0 Å². The Labute approximate surface area is 435 Å². The van der Waals surface area contributed by atoms with Crippen molar-refractivity contribution in [3.63, 3.8) is 0 Å². The minimum atomic E-state index is -4.71. The average Bonchev–Trinajstić information content (AvgIpc) is 4.11. The molecule has 2 N–H and O–H groups in total. The maximum atomic E-state index is 13.8. The van der Waals surface area contributed by atoms with Gasteiger partial charge in [0.05, 0.1) is 42.1 Å². The van der Waals surface area contributed by atoms with Crippen molar-refractivity contribution in [1.29, 1.82) is 0 Å². The maximum absolute atomic E-state index is 13.8. The zero-order chi connectivity index (χ0) is 53.3. The Morgan fingerprint density at radius 2 is 1.07 bits per heavy atom. The van der Waals surface area contributed by atoms with Crippen LogP contribution in [0.25, 0.3) is 63.6 Å². The van der Waals surface area contributed by atoms with Crippen LogP contribution in [0, 0.1) is 0 Å². The summed E-state index contributed by atoms with van der Waals surface area (Å²) in [6.07, 6.45) is -3.19. The van der Waals surface area contributed by atoms with Crippen molar-refractivity contribution in [2.24, 2.45) is 14.1 Å². The summed E-state index contributed by atoms with van der Waals surface area (Å²) in [5, 5.41) is 17.6. The van der Waals surface area contributed by atoms with Gasteiger partial charge in [-0.25, -0.2) is 26.8 Å². The molecule has 392 valence electrons. The largest absolute Gasteiger partial charge is 0.454 e. The Balaban J connectivity index is 0.000000152. The Kier molecular flexibility index (Phi) is 13.3. The van der Waals surface area contributed by atoms with Gasteiger partial charge < -0.3 is 19.2 Å². The molecule has 6 heterocycles. The summed E-state index contributed by atoms with van der Waals surface area (Å²) < 4.78 is 142. The maximum Gasteiger partial charge on any atom is 0.454 e. The molecule has 0 spiro atoms. The molecule has 12 rings (SSSR count). The predicted octanol–water partition coefficient (Wildman–Crippen LogP) is 10.8. The Morgan fingerprint density at radius 3 is 1.42 bits per heavy atom. The number of sulfone groups is 2. The topological polar surface area (TPSA) is 188 Å². The van der Waals surface area contributed by atoms with Crippen LogP contribution in [0.5, 0.6) is 0 Å². The second kappa shape index (κ2) is 18.7. The summed E-state index contributed by atoms with van der Waals surface area (Å²) in [5.41, 5.74) is -2.57. The highest BCUT2D eigenvalue weighted by Crippen LogP contribution is 2.48. The number of benzene rings is 2. The van der Waals surface area contributed by atoms with E-state index in [0.717, 1.165) is 61.7 Å². The number of alkyl halides is 6. The molecular weight excluding hydrogens is 1120 g/mol. The van der Waals surface area contributed by atoms with E-state index in [9.17, 15) is 52.8 Å². The zero-order valence-corrected chi connectivity index (χ0v) is 44.7. The van der Waals surface area contributed by atoms with Crippen molar-refractivity contribution >= 4 is 108 Å². The molecule has 0 radical (unpaired) electrons. The first-order valence-corrected chi connectivity index (χ1v) is 29.5. The van der Waals surface area contributed by atoms with Crippen LogP contribution >= 0.6 is 38.6 Å². The monoisotopic (exact) mass is 1170 g/mol. The molecule has 0 amide bonds. The van der Waals surface area contributed by atoms with Crippen molar-refractivity contribution in [2.45, 2.75) is 111 Å². The molecule has 0 aliphatic heterocycles. The van der Waals surface area contributed by atoms with E-state index in [-0.39, 0.29) is 60.8 Å². The summed E-state index contributed by atoms with van der Waals surface area (Å²) in [5.74, 6) is 0.734. The molecule has 14 nitrogen and oxygen atoms in total. The first-order valence-electron chi connectivity index (χ1n) is 23.7. The van der Waals surface area contributed by atoms with Crippen LogP contribution in [0.4, 0.5) is 26.3 Å². The third-order valence-corrected chi connectivity index (χ3v) is 20.4. The van der Waals surface area contributed by atoms with Gasteiger partial charge in [-0.15, -0.1) is 22.7 Å². The highest BCUT2D eigenvalue weighted by Gasteiger charge is 2.43. The first-order chi connectivity index (χ1) is 34.7. The predicted molar refractivity (Wildman–Crippen MR) is 276 cm³/mol. The van der Waals surface area contributed by atoms with E-state index in [1.807, 2.05) is 18.2 Å². The highest BCUT2D eigenvalue weighted by atomic mass is 79.9. The third kappa shape index (κ3) is 9.58. The molecule has 6 aromatic heterocycles. The number of pyridine rings is 2. The van der Waals surface area contributed by atoms with Crippen molar-refractivity contribution in [2.75, 3.05) is 11.5 Å². The molecule has 26 heteroatoms. The van der Waals surface area contributed by atoms with Crippen molar-refractivity contribution < 1.29 is 53.2 Å². The molecule has 0 saturated heterocycles. The molecule has 4 fully saturated rings.